The van der Waals surface area contributed by atoms with E-state index in [4.69, 9.17) is 0 Å². The van der Waals surface area contributed by atoms with Crippen LogP contribution in [0, 0.1) is 0 Å². The summed E-state index contributed by atoms with van der Waals surface area (Å²) in [5.41, 5.74) is 1.12. The third-order valence-electron chi connectivity index (χ3n) is 2.34. The first-order valence-corrected chi connectivity index (χ1v) is 6.19. The van der Waals surface area contributed by atoms with Gasteiger partial charge in [0, 0.05) is 11.9 Å². The van der Waals surface area contributed by atoms with Gasteiger partial charge >= 0.3 is 0 Å². The van der Waals surface area contributed by atoms with E-state index >= 15 is 0 Å². The molecule has 0 aliphatic carbocycles. The zero-order valence-corrected chi connectivity index (χ0v) is 10.3. The molecule has 15 heavy (non-hydrogen) atoms. The van der Waals surface area contributed by atoms with Gasteiger partial charge in [-0.25, -0.2) is 0 Å². The van der Waals surface area contributed by atoms with Gasteiger partial charge in [0.05, 0.1) is 0 Å². The van der Waals surface area contributed by atoms with Crippen molar-refractivity contribution >= 4 is 5.71 Å². The maximum Gasteiger partial charge on any atom is 0.0397 e. The summed E-state index contributed by atoms with van der Waals surface area (Å²) in [5.74, 6) is 0. The Balaban J connectivity index is 3.77. The number of nitrogens with zero attached hydrogens (tertiary/aromatic N) is 1. The zero-order chi connectivity index (χ0) is 11.4. The van der Waals surface area contributed by atoms with E-state index in [2.05, 4.69) is 31.5 Å². The summed E-state index contributed by atoms with van der Waals surface area (Å²) in [5, 5.41) is 0. The normalized spacial score (nSPS) is 12.3. The lowest BCUT2D eigenvalue weighted by Gasteiger charge is -1.98. The molecule has 0 bridgehead atoms. The molecule has 0 aromatic rings. The summed E-state index contributed by atoms with van der Waals surface area (Å²) >= 11 is 0. The van der Waals surface area contributed by atoms with Crippen LogP contribution >= 0.6 is 0 Å². The van der Waals surface area contributed by atoms with E-state index in [1.807, 2.05) is 12.3 Å². The van der Waals surface area contributed by atoms with Gasteiger partial charge in [0.1, 0.15) is 0 Å². The van der Waals surface area contributed by atoms with Crippen LogP contribution in [0.15, 0.2) is 29.9 Å². The second-order valence-electron chi connectivity index (χ2n) is 3.81. The van der Waals surface area contributed by atoms with Gasteiger partial charge in [0.15, 0.2) is 0 Å². The van der Waals surface area contributed by atoms with Crippen molar-refractivity contribution in [3.8, 4) is 0 Å². The van der Waals surface area contributed by atoms with Crippen molar-refractivity contribution in [3.63, 3.8) is 0 Å². The van der Waals surface area contributed by atoms with Gasteiger partial charge in [-0.2, -0.15) is 0 Å². The topological polar surface area (TPSA) is 12.4 Å². The highest BCUT2D eigenvalue weighted by atomic mass is 14.7. The van der Waals surface area contributed by atoms with E-state index in [0.29, 0.717) is 0 Å². The highest BCUT2D eigenvalue weighted by Gasteiger charge is 1.91. The van der Waals surface area contributed by atoms with Crippen LogP contribution in [0.2, 0.25) is 0 Å². The van der Waals surface area contributed by atoms with Gasteiger partial charge in [0.25, 0.3) is 0 Å². The van der Waals surface area contributed by atoms with Gasteiger partial charge in [-0.1, -0.05) is 52.2 Å². The predicted octanol–water partition coefficient (Wildman–Crippen LogP) is 4.90. The Kier molecular flexibility index (Phi) is 10.6. The van der Waals surface area contributed by atoms with Crippen molar-refractivity contribution in [2.75, 3.05) is 0 Å². The number of hydrogen-bond donors (Lipinski definition) is 0. The first-order valence-electron chi connectivity index (χ1n) is 6.19. The van der Waals surface area contributed by atoms with Crippen molar-refractivity contribution in [3.05, 3.63) is 24.9 Å². The summed E-state index contributed by atoms with van der Waals surface area (Å²) in [7, 11) is 0. The molecule has 1 heteroatoms. The molecule has 0 amide bonds. The molecule has 0 unspecified atom stereocenters. The fourth-order valence-corrected chi connectivity index (χ4v) is 1.32. The van der Waals surface area contributed by atoms with Crippen LogP contribution in [0.3, 0.4) is 0 Å². The van der Waals surface area contributed by atoms with E-state index in [1.165, 1.54) is 32.1 Å². The van der Waals surface area contributed by atoms with Crippen LogP contribution in [0.4, 0.5) is 0 Å². The van der Waals surface area contributed by atoms with Crippen molar-refractivity contribution in [2.45, 2.75) is 58.8 Å². The molecule has 1 nitrogen and oxygen atoms in total. The third-order valence-corrected chi connectivity index (χ3v) is 2.34. The number of unbranched alkanes of at least 4 members (excludes halogenated alkanes) is 4. The van der Waals surface area contributed by atoms with Gasteiger partial charge in [0.2, 0.25) is 0 Å². The Morgan fingerprint density at radius 3 is 2.47 bits per heavy atom. The summed E-state index contributed by atoms with van der Waals surface area (Å²) in [6, 6.07) is 0. The molecule has 0 aromatic carbocycles. The molecule has 0 rings (SSSR count). The van der Waals surface area contributed by atoms with Gasteiger partial charge in [-0.05, 0) is 25.3 Å². The smallest absolute Gasteiger partial charge is 0.0397 e. The summed E-state index contributed by atoms with van der Waals surface area (Å²) < 4.78 is 0. The third kappa shape index (κ3) is 9.45. The minimum Gasteiger partial charge on any atom is -0.262 e. The molecular weight excluding hydrogens is 182 g/mol. The Hall–Kier alpha value is -0.850. The molecule has 0 saturated carbocycles. The largest absolute Gasteiger partial charge is 0.262 e. The molecule has 0 heterocycles. The summed E-state index contributed by atoms with van der Waals surface area (Å²) in [6.45, 7) is 8.21. The maximum absolute atomic E-state index is 4.40. The van der Waals surface area contributed by atoms with Crippen LogP contribution in [0.5, 0.6) is 0 Å². The number of allylic oxidation sites excluding steroid dienone is 2. The molecule has 86 valence electrons. The minimum atomic E-state index is 1.06. The van der Waals surface area contributed by atoms with E-state index in [-0.39, 0.29) is 0 Å². The van der Waals surface area contributed by atoms with Crippen molar-refractivity contribution in [2.24, 2.45) is 4.99 Å². The second kappa shape index (κ2) is 11.2. The second-order valence-corrected chi connectivity index (χ2v) is 3.81. The Morgan fingerprint density at radius 2 is 1.87 bits per heavy atom. The summed E-state index contributed by atoms with van der Waals surface area (Å²) in [6.07, 6.45) is 14.4. The van der Waals surface area contributed by atoms with Crippen LogP contribution in [-0.2, 0) is 0 Å². The van der Waals surface area contributed by atoms with Gasteiger partial charge < -0.3 is 0 Å². The molecule has 0 saturated heterocycles. The fraction of sp³-hybridized carbons (Fsp3) is 0.643. The molecule has 0 fully saturated rings. The molecule has 0 aliphatic heterocycles. The average Bonchev–Trinajstić information content (AvgIpc) is 2.26. The average molecular weight is 207 g/mol. The van der Waals surface area contributed by atoms with Crippen LogP contribution in [0.1, 0.15) is 58.8 Å². The van der Waals surface area contributed by atoms with Crippen molar-refractivity contribution < 1.29 is 0 Å². The van der Waals surface area contributed by atoms with Gasteiger partial charge in [-0.3, -0.25) is 4.99 Å². The minimum absolute atomic E-state index is 1.06. The first-order chi connectivity index (χ1) is 7.35. The van der Waals surface area contributed by atoms with Gasteiger partial charge in [-0.15, -0.1) is 0 Å². The quantitative estimate of drug-likeness (QED) is 0.377. The van der Waals surface area contributed by atoms with E-state index in [0.717, 1.165) is 18.6 Å². The Labute approximate surface area is 95.0 Å². The first kappa shape index (κ1) is 14.2. The SMILES string of the molecule is C=CC(CCCCC)=N/C=C\CCCC. The molecule has 0 spiro atoms. The van der Waals surface area contributed by atoms with E-state index in [9.17, 15) is 0 Å². The number of rotatable bonds is 9. The maximum atomic E-state index is 4.40. The van der Waals surface area contributed by atoms with Crippen molar-refractivity contribution in [1.29, 1.82) is 0 Å². The standard InChI is InChI=1S/C14H25N/c1-4-7-9-11-13-15-14(6-3)12-10-8-5-2/h6,11,13H,3-5,7-10,12H2,1-2H3/b13-11-,15-14?. The van der Waals surface area contributed by atoms with Crippen LogP contribution in [-0.4, -0.2) is 5.71 Å². The molecule has 0 aromatic heterocycles. The predicted molar refractivity (Wildman–Crippen MR) is 70.4 cm³/mol. The highest BCUT2D eigenvalue weighted by molar-refractivity contribution is 5.94. The monoisotopic (exact) mass is 207 g/mol. The lowest BCUT2D eigenvalue weighted by Crippen LogP contribution is -1.91. The molecular formula is C14H25N. The fourth-order valence-electron chi connectivity index (χ4n) is 1.32. The Morgan fingerprint density at radius 1 is 1.13 bits per heavy atom. The molecule has 0 aliphatic rings. The Bertz CT molecular complexity index is 201. The highest BCUT2D eigenvalue weighted by Crippen LogP contribution is 2.02. The number of aliphatic imine (C=N–C) groups is 1. The molecule has 0 radical (unpaired) electrons. The zero-order valence-electron chi connectivity index (χ0n) is 10.3. The van der Waals surface area contributed by atoms with Crippen LogP contribution < -0.4 is 0 Å². The number of hydrogen-bond acceptors (Lipinski definition) is 1. The van der Waals surface area contributed by atoms with E-state index < -0.39 is 0 Å². The molecule has 0 N–H and O–H groups in total. The molecule has 0 atom stereocenters. The summed E-state index contributed by atoms with van der Waals surface area (Å²) in [4.78, 5) is 4.40. The lowest BCUT2D eigenvalue weighted by atomic mass is 10.1. The van der Waals surface area contributed by atoms with Crippen molar-refractivity contribution in [1.82, 2.24) is 0 Å². The van der Waals surface area contributed by atoms with Crippen LogP contribution in [0.25, 0.3) is 0 Å². The lowest BCUT2D eigenvalue weighted by molar-refractivity contribution is 0.743. The van der Waals surface area contributed by atoms with E-state index in [1.54, 1.807) is 0 Å².